The van der Waals surface area contributed by atoms with Crippen molar-refractivity contribution in [3.63, 3.8) is 0 Å². The molecule has 0 fully saturated rings. The normalized spacial score (nSPS) is 16.0. The first-order valence-electron chi connectivity index (χ1n) is 6.37. The van der Waals surface area contributed by atoms with Gasteiger partial charge in [-0.2, -0.15) is 0 Å². The number of nitro benzene ring substituents is 2. The largest absolute Gasteiger partial charge is 0.480 e. The molecule has 0 aliphatic carbocycles. The van der Waals surface area contributed by atoms with Gasteiger partial charge >= 0.3 is 5.97 Å². The fraction of sp³-hybridized carbons (Fsp3) is 0.364. The molecule has 24 heavy (non-hydrogen) atoms. The second kappa shape index (κ2) is 7.45. The van der Waals surface area contributed by atoms with Crippen molar-refractivity contribution in [2.75, 3.05) is 6.16 Å². The van der Waals surface area contributed by atoms with Crippen LogP contribution in [0.1, 0.15) is 17.8 Å². The van der Waals surface area contributed by atoms with E-state index in [4.69, 9.17) is 10.8 Å². The molecule has 132 valence electrons. The van der Waals surface area contributed by atoms with E-state index in [2.05, 4.69) is 0 Å². The Labute approximate surface area is 134 Å². The van der Waals surface area contributed by atoms with Crippen LogP contribution in [0.15, 0.2) is 18.2 Å². The molecule has 0 aliphatic rings. The maximum absolute atomic E-state index is 12.1. The SMILES string of the molecule is N[C@@H](CCP(=O)(O)C(O)c1cc([N+](=O)[O-])cc([N+](=O)[O-])c1)C(=O)O. The van der Waals surface area contributed by atoms with Gasteiger partial charge in [0.1, 0.15) is 6.04 Å². The Kier molecular flexibility index (Phi) is 6.10. The number of nitrogens with two attached hydrogens (primary N) is 1. The van der Waals surface area contributed by atoms with Crippen LogP contribution in [0, 0.1) is 20.2 Å². The van der Waals surface area contributed by atoms with E-state index in [-0.39, 0.29) is 0 Å². The molecule has 1 aromatic carbocycles. The molecule has 5 N–H and O–H groups in total. The van der Waals surface area contributed by atoms with Gasteiger partial charge in [0.2, 0.25) is 7.37 Å². The molecule has 2 unspecified atom stereocenters. The average Bonchev–Trinajstić information content (AvgIpc) is 2.51. The molecule has 0 saturated heterocycles. The minimum Gasteiger partial charge on any atom is -0.480 e. The van der Waals surface area contributed by atoms with Crippen LogP contribution < -0.4 is 5.73 Å². The molecule has 0 radical (unpaired) electrons. The number of non-ortho nitro benzene ring substituents is 2. The third kappa shape index (κ3) is 4.80. The summed E-state index contributed by atoms with van der Waals surface area (Å²) >= 11 is 0. The zero-order valence-corrected chi connectivity index (χ0v) is 12.9. The first kappa shape index (κ1) is 19.6. The van der Waals surface area contributed by atoms with Crippen LogP contribution in [0.4, 0.5) is 11.4 Å². The minimum atomic E-state index is -4.43. The molecule has 0 aromatic heterocycles. The van der Waals surface area contributed by atoms with Gasteiger partial charge in [0.15, 0.2) is 5.85 Å². The minimum absolute atomic E-state index is 0.433. The maximum Gasteiger partial charge on any atom is 0.320 e. The zero-order chi connectivity index (χ0) is 18.7. The summed E-state index contributed by atoms with van der Waals surface area (Å²) in [6.45, 7) is 0. The van der Waals surface area contributed by atoms with E-state index in [1.807, 2.05) is 0 Å². The molecule has 3 atom stereocenters. The first-order chi connectivity index (χ1) is 11.0. The third-order valence-electron chi connectivity index (χ3n) is 3.10. The monoisotopic (exact) mass is 363 g/mol. The number of aliphatic carboxylic acids is 1. The van der Waals surface area contributed by atoms with Crippen LogP contribution in [0.2, 0.25) is 0 Å². The molecule has 0 bridgehead atoms. The standard InChI is InChI=1S/C11H14N3O9P/c12-9(10(15)16)1-2-24(22,23)11(17)6-3-7(13(18)19)5-8(4-6)14(20)21/h3-5,9,11,17H,1-2,12H2,(H,15,16)(H,22,23)/t9-,11?/m0/s1. The molecule has 0 amide bonds. The predicted octanol–water partition coefficient (Wildman–Crippen LogP) is 0.566. The van der Waals surface area contributed by atoms with Crippen LogP contribution >= 0.6 is 7.37 Å². The van der Waals surface area contributed by atoms with Gasteiger partial charge in [-0.3, -0.25) is 29.6 Å². The molecule has 12 nitrogen and oxygen atoms in total. The molecule has 0 heterocycles. The van der Waals surface area contributed by atoms with E-state index in [0.29, 0.717) is 6.07 Å². The lowest BCUT2D eigenvalue weighted by Crippen LogP contribution is -2.31. The number of benzene rings is 1. The highest BCUT2D eigenvalue weighted by atomic mass is 31.2. The quantitative estimate of drug-likeness (QED) is 0.286. The van der Waals surface area contributed by atoms with Crippen molar-refractivity contribution in [2.24, 2.45) is 5.73 Å². The van der Waals surface area contributed by atoms with Gasteiger partial charge in [-0.05, 0) is 6.42 Å². The lowest BCUT2D eigenvalue weighted by Gasteiger charge is -2.19. The Bertz CT molecular complexity index is 690. The summed E-state index contributed by atoms with van der Waals surface area (Å²) in [5.74, 6) is -3.56. The number of hydrogen-bond donors (Lipinski definition) is 4. The fourth-order valence-electron chi connectivity index (χ4n) is 1.78. The second-order valence-electron chi connectivity index (χ2n) is 4.88. The number of carboxylic acids is 1. The summed E-state index contributed by atoms with van der Waals surface area (Å²) in [4.78, 5) is 40.1. The summed E-state index contributed by atoms with van der Waals surface area (Å²) in [5.41, 5.74) is 3.23. The van der Waals surface area contributed by atoms with Gasteiger partial charge in [0.25, 0.3) is 11.4 Å². The molecule has 1 aromatic rings. The third-order valence-corrected chi connectivity index (χ3v) is 5.07. The topological polar surface area (TPSA) is 207 Å². The van der Waals surface area contributed by atoms with E-state index >= 15 is 0 Å². The van der Waals surface area contributed by atoms with Gasteiger partial charge in [-0.15, -0.1) is 0 Å². The Morgan fingerprint density at radius 1 is 1.21 bits per heavy atom. The van der Waals surface area contributed by atoms with Crippen LogP contribution in [-0.4, -0.2) is 43.1 Å². The Morgan fingerprint density at radius 2 is 1.67 bits per heavy atom. The van der Waals surface area contributed by atoms with Gasteiger partial charge in [-0.1, -0.05) is 0 Å². The molecular formula is C11H14N3O9P. The fourth-order valence-corrected chi connectivity index (χ4v) is 3.29. The van der Waals surface area contributed by atoms with Crippen molar-refractivity contribution in [1.82, 2.24) is 0 Å². The number of carbonyl (C=O) groups is 1. The Morgan fingerprint density at radius 3 is 2.04 bits per heavy atom. The van der Waals surface area contributed by atoms with E-state index in [0.717, 1.165) is 12.1 Å². The number of nitro groups is 2. The number of hydrogen-bond acceptors (Lipinski definition) is 8. The summed E-state index contributed by atoms with van der Waals surface area (Å²) < 4.78 is 12.1. The molecule has 0 aliphatic heterocycles. The lowest BCUT2D eigenvalue weighted by atomic mass is 10.2. The van der Waals surface area contributed by atoms with Crippen molar-refractivity contribution in [3.05, 3.63) is 44.0 Å². The number of rotatable bonds is 8. The van der Waals surface area contributed by atoms with Crippen LogP contribution in [0.25, 0.3) is 0 Å². The Balaban J connectivity index is 3.14. The average molecular weight is 363 g/mol. The molecule has 0 spiro atoms. The zero-order valence-electron chi connectivity index (χ0n) is 12.0. The van der Waals surface area contributed by atoms with Crippen molar-refractivity contribution in [3.8, 4) is 0 Å². The number of aliphatic hydroxyl groups is 1. The van der Waals surface area contributed by atoms with Gasteiger partial charge in [0.05, 0.1) is 15.9 Å². The molecule has 13 heteroatoms. The van der Waals surface area contributed by atoms with Crippen LogP contribution in [-0.2, 0) is 9.36 Å². The first-order valence-corrected chi connectivity index (χ1v) is 8.29. The van der Waals surface area contributed by atoms with Gasteiger partial charge in [-0.25, -0.2) is 0 Å². The Hall–Kier alpha value is -2.40. The summed E-state index contributed by atoms with van der Waals surface area (Å²) in [6.07, 6.45) is -1.12. The van der Waals surface area contributed by atoms with Crippen LogP contribution in [0.5, 0.6) is 0 Å². The summed E-state index contributed by atoms with van der Waals surface area (Å²) in [7, 11) is -4.43. The van der Waals surface area contributed by atoms with Gasteiger partial charge in [0, 0.05) is 23.9 Å². The van der Waals surface area contributed by atoms with Crippen molar-refractivity contribution < 1.29 is 34.3 Å². The van der Waals surface area contributed by atoms with Crippen LogP contribution in [0.3, 0.4) is 0 Å². The number of nitrogens with zero attached hydrogens (tertiary/aromatic N) is 2. The number of carboxylic acid groups (broad SMARTS) is 1. The van der Waals surface area contributed by atoms with Crippen molar-refractivity contribution in [2.45, 2.75) is 18.3 Å². The highest BCUT2D eigenvalue weighted by molar-refractivity contribution is 7.58. The van der Waals surface area contributed by atoms with E-state index < -0.39 is 64.6 Å². The highest BCUT2D eigenvalue weighted by Crippen LogP contribution is 2.55. The lowest BCUT2D eigenvalue weighted by molar-refractivity contribution is -0.394. The predicted molar refractivity (Wildman–Crippen MR) is 79.6 cm³/mol. The maximum atomic E-state index is 12.1. The summed E-state index contributed by atoms with van der Waals surface area (Å²) in [5, 5.41) is 40.1. The molecule has 0 saturated carbocycles. The van der Waals surface area contributed by atoms with Gasteiger partial charge < -0.3 is 20.8 Å². The second-order valence-corrected chi connectivity index (χ2v) is 7.33. The van der Waals surface area contributed by atoms with E-state index in [1.54, 1.807) is 0 Å². The summed E-state index contributed by atoms with van der Waals surface area (Å²) in [6, 6.07) is 0.672. The number of aliphatic hydroxyl groups excluding tert-OH is 1. The smallest absolute Gasteiger partial charge is 0.320 e. The molecular weight excluding hydrogens is 349 g/mol. The molecule has 1 rings (SSSR count). The van der Waals surface area contributed by atoms with Crippen molar-refractivity contribution >= 4 is 24.7 Å². The highest BCUT2D eigenvalue weighted by Gasteiger charge is 2.34. The van der Waals surface area contributed by atoms with Crippen molar-refractivity contribution in [1.29, 1.82) is 0 Å². The van der Waals surface area contributed by atoms with E-state index in [9.17, 15) is 39.6 Å². The van der Waals surface area contributed by atoms with E-state index in [1.165, 1.54) is 0 Å².